The second-order valence-corrected chi connectivity index (χ2v) is 6.94. The van der Waals surface area contributed by atoms with Crippen LogP contribution in [-0.4, -0.2) is 11.5 Å². The molecule has 0 aliphatic rings. The maximum Gasteiger partial charge on any atom is 0.0497 e. The van der Waals surface area contributed by atoms with Crippen molar-refractivity contribution in [2.24, 2.45) is 0 Å². The Hall–Kier alpha value is -1.23. The van der Waals surface area contributed by atoms with Gasteiger partial charge in [0.25, 0.3) is 0 Å². The first kappa shape index (κ1) is 13.7. The molecule has 0 saturated carbocycles. The van der Waals surface area contributed by atoms with Crippen LogP contribution >= 0.6 is 22.7 Å². The number of fused-ring (bicyclic) bond motifs is 1. The monoisotopic (exact) mass is 302 g/mol. The lowest BCUT2D eigenvalue weighted by molar-refractivity contribution is 0.479. The van der Waals surface area contributed by atoms with Crippen molar-refractivity contribution in [3.63, 3.8) is 0 Å². The van der Waals surface area contributed by atoms with E-state index in [1.807, 2.05) is 34.9 Å². The van der Waals surface area contributed by atoms with Gasteiger partial charge in [0.15, 0.2) is 0 Å². The van der Waals surface area contributed by atoms with E-state index in [-0.39, 0.29) is 0 Å². The number of pyridine rings is 1. The first-order valence-corrected chi connectivity index (χ1v) is 8.60. The molecule has 0 aliphatic carbocycles. The molecule has 4 heteroatoms. The number of nitrogens with zero attached hydrogens (tertiary/aromatic N) is 1. The molecule has 0 bridgehead atoms. The van der Waals surface area contributed by atoms with Crippen LogP contribution in [0.15, 0.2) is 41.9 Å². The van der Waals surface area contributed by atoms with Crippen LogP contribution < -0.4 is 5.32 Å². The Morgan fingerprint density at radius 1 is 1.25 bits per heavy atom. The zero-order valence-corrected chi connectivity index (χ0v) is 13.3. The van der Waals surface area contributed by atoms with E-state index in [0.29, 0.717) is 12.0 Å². The van der Waals surface area contributed by atoms with E-state index in [0.717, 1.165) is 12.2 Å². The first-order chi connectivity index (χ1) is 9.79. The summed E-state index contributed by atoms with van der Waals surface area (Å²) in [5.74, 6) is 0.365. The smallest absolute Gasteiger partial charge is 0.0497 e. The van der Waals surface area contributed by atoms with E-state index < -0.39 is 0 Å². The maximum absolute atomic E-state index is 4.52. The number of thiophene rings is 2. The Morgan fingerprint density at radius 3 is 2.85 bits per heavy atom. The van der Waals surface area contributed by atoms with Crippen LogP contribution in [0.5, 0.6) is 0 Å². The molecule has 20 heavy (non-hydrogen) atoms. The fourth-order valence-corrected chi connectivity index (χ4v) is 4.80. The predicted molar refractivity (Wildman–Crippen MR) is 88.8 cm³/mol. The summed E-state index contributed by atoms with van der Waals surface area (Å²) in [5.41, 5.74) is 1.15. The van der Waals surface area contributed by atoms with Crippen molar-refractivity contribution in [2.45, 2.75) is 25.8 Å². The molecule has 0 aromatic carbocycles. The van der Waals surface area contributed by atoms with Gasteiger partial charge in [-0.1, -0.05) is 19.9 Å². The molecule has 1 N–H and O–H groups in total. The summed E-state index contributed by atoms with van der Waals surface area (Å²) in [7, 11) is 0. The summed E-state index contributed by atoms with van der Waals surface area (Å²) in [6, 6.07) is 11.0. The van der Waals surface area contributed by atoms with Gasteiger partial charge in [0, 0.05) is 38.1 Å². The molecule has 104 valence electrons. The Kier molecular flexibility index (Phi) is 4.15. The third-order valence-electron chi connectivity index (χ3n) is 3.54. The van der Waals surface area contributed by atoms with Crippen LogP contribution in [0.4, 0.5) is 0 Å². The van der Waals surface area contributed by atoms with Gasteiger partial charge in [-0.25, -0.2) is 0 Å². The molecule has 0 saturated heterocycles. The molecule has 2 unspecified atom stereocenters. The lowest BCUT2D eigenvalue weighted by Gasteiger charge is -2.23. The Labute approximate surface area is 127 Å². The molecule has 2 atom stereocenters. The Bertz CT molecular complexity index is 643. The summed E-state index contributed by atoms with van der Waals surface area (Å²) in [6.07, 6.45) is 1.88. The van der Waals surface area contributed by atoms with E-state index in [1.165, 1.54) is 14.3 Å². The van der Waals surface area contributed by atoms with Crippen molar-refractivity contribution in [1.82, 2.24) is 10.3 Å². The molecule has 3 aromatic heterocycles. The molecule has 3 rings (SSSR count). The maximum atomic E-state index is 4.52. The highest BCUT2D eigenvalue weighted by molar-refractivity contribution is 7.26. The predicted octanol–water partition coefficient (Wildman–Crippen LogP) is 4.81. The van der Waals surface area contributed by atoms with Gasteiger partial charge in [-0.3, -0.25) is 4.98 Å². The highest BCUT2D eigenvalue weighted by Gasteiger charge is 2.23. The van der Waals surface area contributed by atoms with Gasteiger partial charge >= 0.3 is 0 Å². The number of likely N-dealkylation sites (N-methyl/N-ethyl adjacent to an activating group) is 1. The van der Waals surface area contributed by atoms with Crippen LogP contribution in [0.25, 0.3) is 9.40 Å². The third-order valence-corrected chi connectivity index (χ3v) is 5.72. The lowest BCUT2D eigenvalue weighted by Crippen LogP contribution is -2.25. The van der Waals surface area contributed by atoms with Gasteiger partial charge in [-0.15, -0.1) is 22.7 Å². The quantitative estimate of drug-likeness (QED) is 0.731. The standard InChI is InChI=1S/C16H18N2S2/c1-3-17-16(11(2)12-6-4-5-8-18-12)15-10-14-13(20-15)7-9-19-14/h4-11,16-17H,3H2,1-2H3. The number of hydrogen-bond donors (Lipinski definition) is 1. The second kappa shape index (κ2) is 6.04. The number of hydrogen-bond acceptors (Lipinski definition) is 4. The average Bonchev–Trinajstić information content (AvgIpc) is 3.06. The van der Waals surface area contributed by atoms with Crippen molar-refractivity contribution >= 4 is 32.1 Å². The number of aromatic nitrogens is 1. The SMILES string of the molecule is CCNC(c1cc2sccc2s1)C(C)c1ccccn1. The normalized spacial score (nSPS) is 14.5. The molecule has 0 spiro atoms. The minimum absolute atomic E-state index is 0.333. The van der Waals surface area contributed by atoms with E-state index in [1.54, 1.807) is 0 Å². The van der Waals surface area contributed by atoms with E-state index in [9.17, 15) is 0 Å². The molecular formula is C16H18N2S2. The highest BCUT2D eigenvalue weighted by Crippen LogP contribution is 2.38. The zero-order valence-electron chi connectivity index (χ0n) is 11.7. The van der Waals surface area contributed by atoms with Crippen molar-refractivity contribution in [2.75, 3.05) is 6.54 Å². The topological polar surface area (TPSA) is 24.9 Å². The fourth-order valence-electron chi connectivity index (χ4n) is 2.50. The molecule has 0 aliphatic heterocycles. The summed E-state index contributed by atoms with van der Waals surface area (Å²) < 4.78 is 2.78. The zero-order chi connectivity index (χ0) is 13.9. The molecule has 0 fully saturated rings. The van der Waals surface area contributed by atoms with Gasteiger partial charge in [0.05, 0.1) is 0 Å². The molecule has 0 radical (unpaired) electrons. The average molecular weight is 302 g/mol. The van der Waals surface area contributed by atoms with Crippen molar-refractivity contribution < 1.29 is 0 Å². The van der Waals surface area contributed by atoms with Crippen molar-refractivity contribution in [3.05, 3.63) is 52.5 Å². The number of nitrogens with one attached hydrogen (secondary N) is 1. The van der Waals surface area contributed by atoms with Crippen LogP contribution in [-0.2, 0) is 0 Å². The van der Waals surface area contributed by atoms with Crippen LogP contribution in [0.3, 0.4) is 0 Å². The second-order valence-electron chi connectivity index (χ2n) is 4.88. The van der Waals surface area contributed by atoms with Gasteiger partial charge in [0.1, 0.15) is 0 Å². The number of rotatable bonds is 5. The van der Waals surface area contributed by atoms with Crippen LogP contribution in [0.2, 0.25) is 0 Å². The Balaban J connectivity index is 1.94. The molecule has 2 nitrogen and oxygen atoms in total. The van der Waals surface area contributed by atoms with Gasteiger partial charge < -0.3 is 5.32 Å². The molecular weight excluding hydrogens is 284 g/mol. The van der Waals surface area contributed by atoms with Crippen LogP contribution in [0, 0.1) is 0 Å². The van der Waals surface area contributed by atoms with E-state index in [4.69, 9.17) is 0 Å². The summed E-state index contributed by atoms with van der Waals surface area (Å²) in [5, 5.41) is 5.79. The Morgan fingerprint density at radius 2 is 2.15 bits per heavy atom. The van der Waals surface area contributed by atoms with E-state index in [2.05, 4.69) is 53.8 Å². The molecule has 0 amide bonds. The summed E-state index contributed by atoms with van der Waals surface area (Å²) in [4.78, 5) is 5.93. The lowest BCUT2D eigenvalue weighted by atomic mass is 9.96. The largest absolute Gasteiger partial charge is 0.309 e. The molecule has 3 heterocycles. The van der Waals surface area contributed by atoms with Crippen LogP contribution in [0.1, 0.15) is 36.4 Å². The van der Waals surface area contributed by atoms with E-state index >= 15 is 0 Å². The van der Waals surface area contributed by atoms with Gasteiger partial charge in [0.2, 0.25) is 0 Å². The van der Waals surface area contributed by atoms with Crippen molar-refractivity contribution in [3.8, 4) is 0 Å². The van der Waals surface area contributed by atoms with Crippen molar-refractivity contribution in [1.29, 1.82) is 0 Å². The minimum atomic E-state index is 0.333. The fraction of sp³-hybridized carbons (Fsp3) is 0.312. The minimum Gasteiger partial charge on any atom is -0.309 e. The molecule has 3 aromatic rings. The summed E-state index contributed by atoms with van der Waals surface area (Å²) in [6.45, 7) is 5.38. The summed E-state index contributed by atoms with van der Waals surface area (Å²) >= 11 is 3.71. The first-order valence-electron chi connectivity index (χ1n) is 6.91. The van der Waals surface area contributed by atoms with Gasteiger partial charge in [-0.05, 0) is 36.2 Å². The highest BCUT2D eigenvalue weighted by atomic mass is 32.1. The third kappa shape index (κ3) is 2.64. The van der Waals surface area contributed by atoms with Gasteiger partial charge in [-0.2, -0.15) is 0 Å².